The summed E-state index contributed by atoms with van der Waals surface area (Å²) in [5.74, 6) is -1.73. The number of rotatable bonds is 4. The third-order valence-electron chi connectivity index (χ3n) is 2.90. The number of halogens is 1. The van der Waals surface area contributed by atoms with Crippen molar-refractivity contribution in [2.75, 3.05) is 13.4 Å². The maximum atomic E-state index is 13.9. The summed E-state index contributed by atoms with van der Waals surface area (Å²) in [4.78, 5) is 12.1. The predicted octanol–water partition coefficient (Wildman–Crippen LogP) is 1.84. The molecule has 4 nitrogen and oxygen atoms in total. The fourth-order valence-corrected chi connectivity index (χ4v) is 1.78. The van der Waals surface area contributed by atoms with Gasteiger partial charge < -0.3 is 4.74 Å². The molecule has 0 N–H and O–H groups in total. The third-order valence-corrected chi connectivity index (χ3v) is 4.94. The Bertz CT molecular complexity index is 576. The first-order valence-corrected chi connectivity index (χ1v) is 7.09. The summed E-state index contributed by atoms with van der Waals surface area (Å²) in [5, 5.41) is 0. The predicted molar refractivity (Wildman–Crippen MR) is 66.2 cm³/mol. The Morgan fingerprint density at radius 1 is 1.33 bits per heavy atom. The van der Waals surface area contributed by atoms with E-state index in [-0.39, 0.29) is 11.3 Å². The van der Waals surface area contributed by atoms with Gasteiger partial charge in [0, 0.05) is 6.26 Å². The molecule has 0 bridgehead atoms. The number of Topliss-reactive ketones (excluding diaryl/α,β-unsaturated/α-hetero) is 1. The molecule has 1 rings (SSSR count). The molecular weight excluding hydrogens is 259 g/mol. The minimum atomic E-state index is -3.64. The van der Waals surface area contributed by atoms with E-state index in [0.717, 1.165) is 6.26 Å². The van der Waals surface area contributed by atoms with Gasteiger partial charge in [-0.05, 0) is 26.0 Å². The monoisotopic (exact) mass is 274 g/mol. The second kappa shape index (κ2) is 4.68. The van der Waals surface area contributed by atoms with E-state index in [1.165, 1.54) is 39.2 Å². The van der Waals surface area contributed by atoms with E-state index in [0.29, 0.717) is 0 Å². The second-order valence-electron chi connectivity index (χ2n) is 4.43. The van der Waals surface area contributed by atoms with Crippen LogP contribution in [0.2, 0.25) is 0 Å². The highest BCUT2D eigenvalue weighted by Crippen LogP contribution is 2.27. The number of benzene rings is 1. The lowest BCUT2D eigenvalue weighted by Crippen LogP contribution is -2.40. The standard InChI is InChI=1S/C12H15FO4S/c1-12(2,18(4,15)16)11(14)8-6-5-7-9(17-3)10(8)13/h5-7H,1-4H3. The van der Waals surface area contributed by atoms with Crippen molar-refractivity contribution >= 4 is 15.6 Å². The van der Waals surface area contributed by atoms with Crippen LogP contribution >= 0.6 is 0 Å². The first kappa shape index (κ1) is 14.6. The quantitative estimate of drug-likeness (QED) is 0.786. The van der Waals surface area contributed by atoms with Gasteiger partial charge >= 0.3 is 0 Å². The van der Waals surface area contributed by atoms with Crippen LogP contribution in [0.4, 0.5) is 4.39 Å². The minimum absolute atomic E-state index is 0.0925. The highest BCUT2D eigenvalue weighted by Gasteiger charge is 2.40. The third kappa shape index (κ3) is 2.38. The van der Waals surface area contributed by atoms with E-state index in [1.54, 1.807) is 0 Å². The van der Waals surface area contributed by atoms with E-state index < -0.39 is 26.2 Å². The molecule has 1 aromatic rings. The fraction of sp³-hybridized carbons (Fsp3) is 0.417. The van der Waals surface area contributed by atoms with Crippen molar-refractivity contribution in [3.8, 4) is 5.75 Å². The Morgan fingerprint density at radius 3 is 2.33 bits per heavy atom. The Hall–Kier alpha value is -1.43. The topological polar surface area (TPSA) is 60.4 Å². The number of sulfone groups is 1. The van der Waals surface area contributed by atoms with E-state index in [9.17, 15) is 17.6 Å². The van der Waals surface area contributed by atoms with Crippen molar-refractivity contribution in [1.29, 1.82) is 0 Å². The number of ketones is 1. The lowest BCUT2D eigenvalue weighted by molar-refractivity contribution is 0.0949. The first-order chi connectivity index (χ1) is 8.13. The van der Waals surface area contributed by atoms with E-state index in [2.05, 4.69) is 0 Å². The molecule has 0 atom stereocenters. The molecule has 0 unspecified atom stereocenters. The molecule has 0 spiro atoms. The number of carbonyl (C=O) groups excluding carboxylic acids is 1. The van der Waals surface area contributed by atoms with Gasteiger partial charge in [-0.1, -0.05) is 6.07 Å². The van der Waals surface area contributed by atoms with Crippen LogP contribution in [0.3, 0.4) is 0 Å². The normalized spacial score (nSPS) is 12.3. The molecule has 0 aliphatic heterocycles. The summed E-state index contributed by atoms with van der Waals surface area (Å²) < 4.78 is 40.1. The average molecular weight is 274 g/mol. The van der Waals surface area contributed by atoms with Gasteiger partial charge in [0.1, 0.15) is 4.75 Å². The largest absolute Gasteiger partial charge is 0.494 e. The minimum Gasteiger partial charge on any atom is -0.494 e. The highest BCUT2D eigenvalue weighted by atomic mass is 32.2. The summed E-state index contributed by atoms with van der Waals surface area (Å²) in [6.07, 6.45) is 0.947. The number of hydrogen-bond acceptors (Lipinski definition) is 4. The molecule has 0 amide bonds. The molecule has 100 valence electrons. The van der Waals surface area contributed by atoms with Crippen LogP contribution in [0.5, 0.6) is 5.75 Å². The maximum absolute atomic E-state index is 13.9. The SMILES string of the molecule is COc1cccc(C(=O)C(C)(C)S(C)(=O)=O)c1F. The van der Waals surface area contributed by atoms with E-state index >= 15 is 0 Å². The zero-order valence-electron chi connectivity index (χ0n) is 10.7. The summed E-state index contributed by atoms with van der Waals surface area (Å²) in [5.41, 5.74) is -0.287. The lowest BCUT2D eigenvalue weighted by Gasteiger charge is -2.21. The first-order valence-electron chi connectivity index (χ1n) is 5.20. The summed E-state index contributed by atoms with van der Waals surface area (Å²) in [7, 11) is -2.37. The van der Waals surface area contributed by atoms with Crippen LogP contribution in [-0.2, 0) is 9.84 Å². The van der Waals surface area contributed by atoms with Crippen LogP contribution in [0.15, 0.2) is 18.2 Å². The highest BCUT2D eigenvalue weighted by molar-refractivity contribution is 7.92. The van der Waals surface area contributed by atoms with Crippen LogP contribution < -0.4 is 4.74 Å². The zero-order chi connectivity index (χ0) is 14.1. The molecule has 6 heteroatoms. The van der Waals surface area contributed by atoms with E-state index in [1.807, 2.05) is 0 Å². The van der Waals surface area contributed by atoms with Gasteiger partial charge in [0.2, 0.25) is 0 Å². The Kier molecular flexibility index (Phi) is 3.81. The average Bonchev–Trinajstić information content (AvgIpc) is 2.27. The molecular formula is C12H15FO4S. The van der Waals surface area contributed by atoms with Gasteiger partial charge in [0.05, 0.1) is 12.7 Å². The van der Waals surface area contributed by atoms with Crippen LogP contribution in [0.1, 0.15) is 24.2 Å². The summed E-state index contributed by atoms with van der Waals surface area (Å²) >= 11 is 0. The van der Waals surface area contributed by atoms with Gasteiger partial charge in [-0.3, -0.25) is 4.79 Å². The van der Waals surface area contributed by atoms with Crippen molar-refractivity contribution in [1.82, 2.24) is 0 Å². The Labute approximate surface area is 106 Å². The Balaban J connectivity index is 3.37. The molecule has 0 radical (unpaired) electrons. The van der Waals surface area contributed by atoms with Gasteiger partial charge in [-0.25, -0.2) is 12.8 Å². The molecule has 0 aromatic heterocycles. The Morgan fingerprint density at radius 2 is 1.89 bits per heavy atom. The number of methoxy groups -OCH3 is 1. The van der Waals surface area contributed by atoms with Gasteiger partial charge in [0.25, 0.3) is 0 Å². The molecule has 0 aliphatic carbocycles. The van der Waals surface area contributed by atoms with Crippen molar-refractivity contribution in [3.05, 3.63) is 29.6 Å². The van der Waals surface area contributed by atoms with Crippen molar-refractivity contribution < 1.29 is 22.3 Å². The maximum Gasteiger partial charge on any atom is 0.186 e. The van der Waals surface area contributed by atoms with E-state index in [4.69, 9.17) is 4.74 Å². The molecule has 0 aliphatic rings. The lowest BCUT2D eigenvalue weighted by atomic mass is 9.99. The molecule has 0 saturated heterocycles. The van der Waals surface area contributed by atoms with Crippen molar-refractivity contribution in [2.24, 2.45) is 0 Å². The number of hydrogen-bond donors (Lipinski definition) is 0. The molecule has 18 heavy (non-hydrogen) atoms. The molecule has 0 fully saturated rings. The van der Waals surface area contributed by atoms with Gasteiger partial charge in [-0.2, -0.15) is 0 Å². The van der Waals surface area contributed by atoms with Gasteiger partial charge in [-0.15, -0.1) is 0 Å². The van der Waals surface area contributed by atoms with Crippen molar-refractivity contribution in [3.63, 3.8) is 0 Å². The smallest absolute Gasteiger partial charge is 0.186 e. The van der Waals surface area contributed by atoms with Gasteiger partial charge in [0.15, 0.2) is 27.2 Å². The van der Waals surface area contributed by atoms with Crippen molar-refractivity contribution in [2.45, 2.75) is 18.6 Å². The molecule has 0 heterocycles. The molecule has 1 aromatic carbocycles. The second-order valence-corrected chi connectivity index (χ2v) is 7.00. The number of carbonyl (C=O) groups is 1. The molecule has 0 saturated carbocycles. The summed E-state index contributed by atoms with van der Waals surface area (Å²) in [6.45, 7) is 2.51. The van der Waals surface area contributed by atoms with Crippen LogP contribution in [0, 0.1) is 5.82 Å². The fourth-order valence-electron chi connectivity index (χ4n) is 1.34. The summed E-state index contributed by atoms with van der Waals surface area (Å²) in [6, 6.07) is 4.04. The number of ether oxygens (including phenoxy) is 1. The van der Waals surface area contributed by atoms with Crippen LogP contribution in [-0.4, -0.2) is 32.3 Å². The van der Waals surface area contributed by atoms with Crippen LogP contribution in [0.25, 0.3) is 0 Å². The zero-order valence-corrected chi connectivity index (χ0v) is 11.5.